The molecule has 1 aliphatic carbocycles. The van der Waals surface area contributed by atoms with E-state index in [1.165, 1.54) is 0 Å². The van der Waals surface area contributed by atoms with E-state index >= 15 is 0 Å². The molecule has 0 aromatic rings. The Kier molecular flexibility index (Phi) is 4.30. The summed E-state index contributed by atoms with van der Waals surface area (Å²) in [7, 11) is 0. The minimum atomic E-state index is -0.253. The first kappa shape index (κ1) is 13.8. The van der Waals surface area contributed by atoms with Crippen molar-refractivity contribution in [3.05, 3.63) is 0 Å². The summed E-state index contributed by atoms with van der Waals surface area (Å²) in [6, 6.07) is 0.108. The monoisotopic (exact) mass is 316 g/mol. The van der Waals surface area contributed by atoms with Gasteiger partial charge in [-0.05, 0) is 31.6 Å². The molecule has 4 nitrogen and oxygen atoms in total. The number of carbonyl (C=O) groups excluding carboxylic acids is 2. The van der Waals surface area contributed by atoms with Gasteiger partial charge in [-0.2, -0.15) is 0 Å². The van der Waals surface area contributed by atoms with Crippen LogP contribution >= 0.6 is 15.9 Å². The third-order valence-corrected chi connectivity index (χ3v) is 5.03. The summed E-state index contributed by atoms with van der Waals surface area (Å²) < 4.78 is 0. The SMILES string of the molecule is CC(C)C(Br)C(=O)N1CCCC1C(=O)NC1CC1. The topological polar surface area (TPSA) is 49.4 Å². The predicted octanol–water partition coefficient (Wildman–Crippen LogP) is 1.68. The highest BCUT2D eigenvalue weighted by Gasteiger charge is 2.38. The van der Waals surface area contributed by atoms with Crippen LogP contribution < -0.4 is 5.32 Å². The summed E-state index contributed by atoms with van der Waals surface area (Å²) in [5.74, 6) is 0.329. The van der Waals surface area contributed by atoms with Gasteiger partial charge in [0.15, 0.2) is 0 Å². The minimum Gasteiger partial charge on any atom is -0.352 e. The molecule has 1 N–H and O–H groups in total. The van der Waals surface area contributed by atoms with Gasteiger partial charge >= 0.3 is 0 Å². The third kappa shape index (κ3) is 3.05. The van der Waals surface area contributed by atoms with E-state index in [2.05, 4.69) is 21.2 Å². The van der Waals surface area contributed by atoms with E-state index in [9.17, 15) is 9.59 Å². The molecule has 0 bridgehead atoms. The Morgan fingerprint density at radius 1 is 1.28 bits per heavy atom. The molecule has 2 rings (SSSR count). The van der Waals surface area contributed by atoms with Crippen LogP contribution in [0.4, 0.5) is 0 Å². The predicted molar refractivity (Wildman–Crippen MR) is 73.5 cm³/mol. The molecule has 1 heterocycles. The van der Waals surface area contributed by atoms with E-state index in [0.29, 0.717) is 12.6 Å². The maximum atomic E-state index is 12.3. The summed E-state index contributed by atoms with van der Waals surface area (Å²) in [5.41, 5.74) is 0. The van der Waals surface area contributed by atoms with Crippen molar-refractivity contribution >= 4 is 27.7 Å². The van der Waals surface area contributed by atoms with Gasteiger partial charge < -0.3 is 10.2 Å². The number of amides is 2. The second-order valence-electron chi connectivity index (χ2n) is 5.62. The molecular weight excluding hydrogens is 296 g/mol. The lowest BCUT2D eigenvalue weighted by Crippen LogP contribution is -2.49. The first-order valence-corrected chi connectivity index (χ1v) is 7.67. The maximum absolute atomic E-state index is 12.3. The summed E-state index contributed by atoms with van der Waals surface area (Å²) in [4.78, 5) is 25.9. The smallest absolute Gasteiger partial charge is 0.243 e. The van der Waals surface area contributed by atoms with Gasteiger partial charge in [0.25, 0.3) is 0 Å². The van der Waals surface area contributed by atoms with Gasteiger partial charge in [0.05, 0.1) is 4.83 Å². The van der Waals surface area contributed by atoms with Crippen LogP contribution in [0.1, 0.15) is 39.5 Å². The maximum Gasteiger partial charge on any atom is 0.243 e. The molecule has 102 valence electrons. The van der Waals surface area contributed by atoms with E-state index in [1.807, 2.05) is 13.8 Å². The molecule has 2 fully saturated rings. The van der Waals surface area contributed by atoms with Crippen LogP contribution in [0.3, 0.4) is 0 Å². The largest absolute Gasteiger partial charge is 0.352 e. The average Bonchev–Trinajstić information content (AvgIpc) is 3.00. The van der Waals surface area contributed by atoms with E-state index in [1.54, 1.807) is 4.90 Å². The van der Waals surface area contributed by atoms with Gasteiger partial charge in [0, 0.05) is 12.6 Å². The quantitative estimate of drug-likeness (QED) is 0.802. The lowest BCUT2D eigenvalue weighted by Gasteiger charge is -2.27. The number of rotatable bonds is 4. The van der Waals surface area contributed by atoms with Crippen LogP contribution in [-0.2, 0) is 9.59 Å². The molecule has 2 aliphatic rings. The second kappa shape index (κ2) is 5.59. The summed E-state index contributed by atoms with van der Waals surface area (Å²) in [5, 5.41) is 3.00. The van der Waals surface area contributed by atoms with E-state index in [4.69, 9.17) is 0 Å². The number of nitrogens with zero attached hydrogens (tertiary/aromatic N) is 1. The molecule has 1 saturated carbocycles. The van der Waals surface area contributed by atoms with Crippen molar-refractivity contribution in [3.63, 3.8) is 0 Å². The number of halogens is 1. The van der Waals surface area contributed by atoms with Crippen molar-refractivity contribution in [1.29, 1.82) is 0 Å². The second-order valence-corrected chi connectivity index (χ2v) is 6.60. The lowest BCUT2D eigenvalue weighted by atomic mass is 10.1. The third-order valence-electron chi connectivity index (χ3n) is 3.58. The average molecular weight is 317 g/mol. The van der Waals surface area contributed by atoms with E-state index in [0.717, 1.165) is 25.7 Å². The molecule has 2 atom stereocenters. The fourth-order valence-electron chi connectivity index (χ4n) is 2.27. The van der Waals surface area contributed by atoms with E-state index in [-0.39, 0.29) is 28.6 Å². The molecule has 2 amide bonds. The standard InChI is InChI=1S/C13H21BrN2O2/c1-8(2)11(14)13(18)16-7-3-4-10(16)12(17)15-9-5-6-9/h8-11H,3-7H2,1-2H3,(H,15,17). The molecule has 0 radical (unpaired) electrons. The lowest BCUT2D eigenvalue weighted by molar-refractivity contribution is -0.138. The zero-order chi connectivity index (χ0) is 13.3. The van der Waals surface area contributed by atoms with Crippen molar-refractivity contribution < 1.29 is 9.59 Å². The van der Waals surface area contributed by atoms with Crippen LogP contribution in [0.25, 0.3) is 0 Å². The van der Waals surface area contributed by atoms with Crippen LogP contribution in [0.5, 0.6) is 0 Å². The van der Waals surface area contributed by atoms with Crippen molar-refractivity contribution in [3.8, 4) is 0 Å². The highest BCUT2D eigenvalue weighted by molar-refractivity contribution is 9.10. The Hall–Kier alpha value is -0.580. The van der Waals surface area contributed by atoms with Gasteiger partial charge in [0.1, 0.15) is 6.04 Å². The first-order valence-electron chi connectivity index (χ1n) is 6.75. The summed E-state index contributed by atoms with van der Waals surface area (Å²) >= 11 is 3.43. The Morgan fingerprint density at radius 3 is 2.50 bits per heavy atom. The fourth-order valence-corrected chi connectivity index (χ4v) is 2.53. The molecule has 1 saturated heterocycles. The number of likely N-dealkylation sites (tertiary alicyclic amines) is 1. The highest BCUT2D eigenvalue weighted by atomic mass is 79.9. The van der Waals surface area contributed by atoms with Gasteiger partial charge in [-0.25, -0.2) is 0 Å². The van der Waals surface area contributed by atoms with Crippen LogP contribution in [0.2, 0.25) is 0 Å². The number of hydrogen-bond acceptors (Lipinski definition) is 2. The van der Waals surface area contributed by atoms with E-state index < -0.39 is 0 Å². The molecular formula is C13H21BrN2O2. The molecule has 5 heteroatoms. The normalized spacial score (nSPS) is 25.3. The molecule has 0 aromatic carbocycles. The van der Waals surface area contributed by atoms with Crippen LogP contribution in [0, 0.1) is 5.92 Å². The zero-order valence-electron chi connectivity index (χ0n) is 11.0. The Labute approximate surface area is 117 Å². The summed E-state index contributed by atoms with van der Waals surface area (Å²) in [6.45, 7) is 4.72. The number of nitrogens with one attached hydrogen (secondary N) is 1. The van der Waals surface area contributed by atoms with Gasteiger partial charge in [-0.15, -0.1) is 0 Å². The Bertz CT molecular complexity index is 342. The van der Waals surface area contributed by atoms with Crippen molar-refractivity contribution in [2.24, 2.45) is 5.92 Å². The van der Waals surface area contributed by atoms with Gasteiger partial charge in [-0.3, -0.25) is 9.59 Å². The van der Waals surface area contributed by atoms with Crippen LogP contribution in [0.15, 0.2) is 0 Å². The Balaban J connectivity index is 1.97. The van der Waals surface area contributed by atoms with Crippen molar-refractivity contribution in [1.82, 2.24) is 10.2 Å². The zero-order valence-corrected chi connectivity index (χ0v) is 12.6. The Morgan fingerprint density at radius 2 is 1.94 bits per heavy atom. The van der Waals surface area contributed by atoms with Crippen LogP contribution in [-0.4, -0.2) is 40.2 Å². The van der Waals surface area contributed by atoms with Crippen molar-refractivity contribution in [2.45, 2.75) is 56.4 Å². The number of hydrogen-bond donors (Lipinski definition) is 1. The molecule has 1 aliphatic heterocycles. The molecule has 2 unspecified atom stereocenters. The van der Waals surface area contributed by atoms with Gasteiger partial charge in [0.2, 0.25) is 11.8 Å². The summed E-state index contributed by atoms with van der Waals surface area (Å²) in [6.07, 6.45) is 3.88. The number of carbonyl (C=O) groups is 2. The highest BCUT2D eigenvalue weighted by Crippen LogP contribution is 2.25. The molecule has 18 heavy (non-hydrogen) atoms. The van der Waals surface area contributed by atoms with Gasteiger partial charge in [-0.1, -0.05) is 29.8 Å². The molecule has 0 aromatic heterocycles. The molecule has 0 spiro atoms. The fraction of sp³-hybridized carbons (Fsp3) is 0.846. The van der Waals surface area contributed by atoms with Crippen molar-refractivity contribution in [2.75, 3.05) is 6.54 Å². The number of alkyl halides is 1. The minimum absolute atomic E-state index is 0.0341. The first-order chi connectivity index (χ1) is 8.50.